The Morgan fingerprint density at radius 1 is 0.892 bits per heavy atom. The van der Waals surface area contributed by atoms with Gasteiger partial charge in [-0.15, -0.1) is 0 Å². The molecule has 0 aromatic carbocycles. The highest BCUT2D eigenvalue weighted by Gasteiger charge is 2.61. The summed E-state index contributed by atoms with van der Waals surface area (Å²) in [6.07, 6.45) is 30.4. The van der Waals surface area contributed by atoms with Crippen LogP contribution in [0.3, 0.4) is 0 Å². The summed E-state index contributed by atoms with van der Waals surface area (Å²) in [4.78, 5) is 41.1. The van der Waals surface area contributed by atoms with Crippen molar-refractivity contribution in [1.29, 1.82) is 0 Å². The first-order valence-electron chi connectivity index (χ1n) is 26.6. The van der Waals surface area contributed by atoms with Gasteiger partial charge in [-0.1, -0.05) is 136 Å². The number of aliphatic carboxylic acids is 1. The first-order valence-corrected chi connectivity index (χ1v) is 28.0. The second-order valence-corrected chi connectivity index (χ2v) is 24.5. The molecule has 0 amide bonds. The SMILES string of the molecule is CCCCCCCC/C=C\CCCCCCCC(=O)C(OP(=O)([O-])OCC[N+](C)(C)C)(C(=O)O)[C@H](CO)OC1CC[C@@]2(C)C(=CCC3C2CC[C@@]2(C)C3CC[C@@H]2[C@H](C)CCCC(C)C)C1. The number of Topliss-reactive ketones (excluding diaryl/α,β-unsaturated/α-hetero) is 1. The number of hydrogen-bond donors (Lipinski definition) is 2. The molecule has 0 aliphatic heterocycles. The van der Waals surface area contributed by atoms with Crippen molar-refractivity contribution in [2.24, 2.45) is 46.3 Å². The molecule has 2 N–H and O–H groups in total. The fraction of sp³-hybridized carbons (Fsp3) is 0.889. The number of fused-ring (bicyclic) bond motifs is 5. The average Bonchev–Trinajstić information content (AvgIpc) is 3.59. The average molecular weight is 934 g/mol. The minimum Gasteiger partial charge on any atom is -0.756 e. The number of phosphoric acid groups is 1. The van der Waals surface area contributed by atoms with Gasteiger partial charge in [-0.05, 0) is 130 Å². The summed E-state index contributed by atoms with van der Waals surface area (Å²) in [5, 5.41) is 21.7. The molecule has 0 aromatic heterocycles. The Morgan fingerprint density at radius 3 is 2.15 bits per heavy atom. The number of unbranched alkanes of at least 4 members (excludes halogenated alkanes) is 11. The van der Waals surface area contributed by atoms with Gasteiger partial charge in [-0.3, -0.25) is 13.9 Å². The number of ether oxygens (including phenoxy) is 1. The molecule has 3 saturated carbocycles. The molecule has 0 bridgehead atoms. The zero-order valence-corrected chi connectivity index (χ0v) is 43.7. The Balaban J connectivity index is 1.41. The Morgan fingerprint density at radius 2 is 1.54 bits per heavy atom. The smallest absolute Gasteiger partial charge is 0.347 e. The second kappa shape index (κ2) is 26.0. The number of carboxylic acid groups (broad SMARTS) is 1. The van der Waals surface area contributed by atoms with Crippen LogP contribution in [0.1, 0.15) is 202 Å². The molecule has 4 aliphatic rings. The number of quaternary nitrogens is 1. The van der Waals surface area contributed by atoms with E-state index >= 15 is 0 Å². The molecule has 65 heavy (non-hydrogen) atoms. The molecule has 6 unspecified atom stereocenters. The number of ketones is 1. The van der Waals surface area contributed by atoms with Gasteiger partial charge < -0.3 is 28.9 Å². The standard InChI is InChI=1S/C54H96NO9P/c1-10-11-12-13-14-15-16-17-18-19-20-21-22-23-24-28-49(57)54(51(58)59,64-65(60,61)62-38-37-55(7,8)9)50(40-56)63-44-33-35-52(5)43(39-44)29-30-45-47-32-31-46(42(4)27-25-26-41(2)3)53(47,6)36-34-48(45)52/h17-18,29,41-42,44-48,50,56H,10-16,19-28,30-40H2,1-9H3,(H-,58,59,60,61)/b18-17-/t42-,44?,45?,46-,47?,48?,50+,52+,53-,54?/m1/s1. The van der Waals surface area contributed by atoms with Gasteiger partial charge in [0.1, 0.15) is 19.3 Å². The van der Waals surface area contributed by atoms with Crippen molar-refractivity contribution in [3.05, 3.63) is 23.8 Å². The van der Waals surface area contributed by atoms with Gasteiger partial charge >= 0.3 is 5.97 Å². The summed E-state index contributed by atoms with van der Waals surface area (Å²) in [5.41, 5.74) is -1.31. The number of nitrogens with zero attached hydrogens (tertiary/aromatic N) is 1. The van der Waals surface area contributed by atoms with Crippen molar-refractivity contribution in [3.63, 3.8) is 0 Å². The van der Waals surface area contributed by atoms with Crippen LogP contribution in [0.2, 0.25) is 0 Å². The molecular formula is C54H96NO9P. The van der Waals surface area contributed by atoms with Crippen molar-refractivity contribution in [1.82, 2.24) is 0 Å². The van der Waals surface area contributed by atoms with Gasteiger partial charge in [0.15, 0.2) is 5.78 Å². The van der Waals surface area contributed by atoms with E-state index in [9.17, 15) is 29.3 Å². The Bertz CT molecular complexity index is 1570. The van der Waals surface area contributed by atoms with E-state index in [1.165, 1.54) is 89.0 Å². The maximum Gasteiger partial charge on any atom is 0.347 e. The van der Waals surface area contributed by atoms with Crippen LogP contribution in [0.25, 0.3) is 0 Å². The number of carboxylic acids is 1. The van der Waals surface area contributed by atoms with E-state index < -0.39 is 44.0 Å². The van der Waals surface area contributed by atoms with E-state index in [4.69, 9.17) is 13.8 Å². The number of allylic oxidation sites excluding steroid dienone is 3. The first-order chi connectivity index (χ1) is 30.7. The minimum atomic E-state index is -5.36. The largest absolute Gasteiger partial charge is 0.756 e. The summed E-state index contributed by atoms with van der Waals surface area (Å²) < 4.78 is 31.0. The van der Waals surface area contributed by atoms with Crippen molar-refractivity contribution in [2.75, 3.05) is 40.9 Å². The number of carbonyl (C=O) groups is 2. The van der Waals surface area contributed by atoms with Crippen molar-refractivity contribution >= 4 is 19.6 Å². The van der Waals surface area contributed by atoms with Gasteiger partial charge in [0.2, 0.25) is 0 Å². The van der Waals surface area contributed by atoms with Crippen LogP contribution < -0.4 is 4.89 Å². The molecule has 0 saturated heterocycles. The number of aliphatic hydroxyl groups excluding tert-OH is 1. The maximum atomic E-state index is 14.3. The molecule has 376 valence electrons. The van der Waals surface area contributed by atoms with Crippen molar-refractivity contribution < 1.29 is 47.5 Å². The van der Waals surface area contributed by atoms with Gasteiger partial charge in [0.05, 0.1) is 33.9 Å². The highest BCUT2D eigenvalue weighted by Crippen LogP contribution is 2.67. The van der Waals surface area contributed by atoms with Crippen LogP contribution in [-0.2, 0) is 27.9 Å². The molecule has 11 atom stereocenters. The lowest BCUT2D eigenvalue weighted by Crippen LogP contribution is -2.61. The van der Waals surface area contributed by atoms with Crippen LogP contribution in [0, 0.1) is 46.3 Å². The number of hydrogen-bond acceptors (Lipinski definition) is 8. The minimum absolute atomic E-state index is 0.00997. The highest BCUT2D eigenvalue weighted by atomic mass is 31.2. The summed E-state index contributed by atoms with van der Waals surface area (Å²) in [6.45, 7) is 13.6. The van der Waals surface area contributed by atoms with E-state index in [0.29, 0.717) is 54.0 Å². The summed E-state index contributed by atoms with van der Waals surface area (Å²) in [7, 11) is 0.259. The molecule has 10 nitrogen and oxygen atoms in total. The Hall–Kier alpha value is -1.39. The number of aliphatic hydroxyl groups is 1. The molecule has 4 aliphatic carbocycles. The molecule has 0 aromatic rings. The van der Waals surface area contributed by atoms with Crippen LogP contribution in [0.4, 0.5) is 0 Å². The Labute approximate surface area is 396 Å². The van der Waals surface area contributed by atoms with Gasteiger partial charge in [-0.2, -0.15) is 0 Å². The third-order valence-electron chi connectivity index (χ3n) is 16.9. The van der Waals surface area contributed by atoms with Crippen LogP contribution in [0.5, 0.6) is 0 Å². The molecule has 4 rings (SSSR count). The number of likely N-dealkylation sites (N-methyl/N-ethyl adjacent to an activating group) is 1. The number of phosphoric ester groups is 1. The maximum absolute atomic E-state index is 14.3. The molecule has 3 fully saturated rings. The second-order valence-electron chi connectivity index (χ2n) is 23.1. The van der Waals surface area contributed by atoms with Crippen molar-refractivity contribution in [3.8, 4) is 0 Å². The van der Waals surface area contributed by atoms with E-state index in [-0.39, 0.29) is 18.4 Å². The van der Waals surface area contributed by atoms with E-state index in [1.807, 2.05) is 21.1 Å². The number of carbonyl (C=O) groups excluding carboxylic acids is 1. The fourth-order valence-electron chi connectivity index (χ4n) is 13.0. The van der Waals surface area contributed by atoms with Crippen LogP contribution in [0.15, 0.2) is 23.8 Å². The molecule has 11 heteroatoms. The molecular weight excluding hydrogens is 838 g/mol. The topological polar surface area (TPSA) is 142 Å². The lowest BCUT2D eigenvalue weighted by molar-refractivity contribution is -0.870. The third kappa shape index (κ3) is 15.6. The van der Waals surface area contributed by atoms with Crippen LogP contribution >= 0.6 is 7.82 Å². The zero-order chi connectivity index (χ0) is 47.9. The Kier molecular flexibility index (Phi) is 22.5. The van der Waals surface area contributed by atoms with E-state index in [1.54, 1.807) is 0 Å². The molecule has 0 heterocycles. The van der Waals surface area contributed by atoms with Gasteiger partial charge in [0.25, 0.3) is 13.4 Å². The monoisotopic (exact) mass is 934 g/mol. The summed E-state index contributed by atoms with van der Waals surface area (Å²) in [5.74, 6) is 1.48. The lowest BCUT2D eigenvalue weighted by Gasteiger charge is -2.58. The summed E-state index contributed by atoms with van der Waals surface area (Å²) in [6, 6.07) is 0. The first kappa shape index (κ1) is 56.2. The predicted octanol–water partition coefficient (Wildman–Crippen LogP) is 12.4. The quantitative estimate of drug-likeness (QED) is 0.0222. The van der Waals surface area contributed by atoms with Gasteiger partial charge in [0, 0.05) is 6.42 Å². The highest BCUT2D eigenvalue weighted by molar-refractivity contribution is 7.46. The van der Waals surface area contributed by atoms with Crippen molar-refractivity contribution in [2.45, 2.75) is 220 Å². The van der Waals surface area contributed by atoms with E-state index in [0.717, 1.165) is 68.6 Å². The predicted molar refractivity (Wildman–Crippen MR) is 261 cm³/mol. The zero-order valence-electron chi connectivity index (χ0n) is 42.8. The number of rotatable bonds is 32. The molecule has 0 radical (unpaired) electrons. The molecule has 0 spiro atoms. The normalized spacial score (nSPS) is 29.7. The lowest BCUT2D eigenvalue weighted by atomic mass is 9.47. The van der Waals surface area contributed by atoms with Crippen LogP contribution in [-0.4, -0.2) is 85.2 Å². The third-order valence-corrected chi connectivity index (χ3v) is 17.9. The summed E-state index contributed by atoms with van der Waals surface area (Å²) >= 11 is 0. The van der Waals surface area contributed by atoms with E-state index in [2.05, 4.69) is 59.8 Å². The van der Waals surface area contributed by atoms with Gasteiger partial charge in [-0.25, -0.2) is 4.79 Å². The fourth-order valence-corrected chi connectivity index (χ4v) is 14.0.